The maximum Gasteiger partial charge on any atom is 0.534 e. The summed E-state index contributed by atoms with van der Waals surface area (Å²) in [6.45, 7) is 0.989. The van der Waals surface area contributed by atoms with Crippen molar-refractivity contribution in [2.24, 2.45) is 0 Å². The van der Waals surface area contributed by atoms with Crippen LogP contribution in [0.5, 0.6) is 5.88 Å². The predicted molar refractivity (Wildman–Crippen MR) is 78.1 cm³/mol. The zero-order chi connectivity index (χ0) is 18.7. The Balaban J connectivity index is 2.14. The molecule has 0 atom stereocenters. The molecule has 2 heterocycles. The summed E-state index contributed by atoms with van der Waals surface area (Å²) >= 11 is 0. The maximum absolute atomic E-state index is 13.8. The summed E-state index contributed by atoms with van der Waals surface area (Å²) in [6, 6.07) is 1.43. The van der Waals surface area contributed by atoms with Crippen LogP contribution in [0.4, 0.5) is 23.4 Å². The number of pyridine rings is 1. The van der Waals surface area contributed by atoms with Gasteiger partial charge in [-0.05, 0) is 6.07 Å². The molecule has 1 aromatic rings. The van der Waals surface area contributed by atoms with Crippen LogP contribution in [0.3, 0.4) is 0 Å². The number of hydrogen-bond donors (Lipinski definition) is 1. The van der Waals surface area contributed by atoms with E-state index in [2.05, 4.69) is 14.5 Å². The Hall–Kier alpha value is -1.66. The number of nitrogens with one attached hydrogen (secondary N) is 1. The van der Waals surface area contributed by atoms with E-state index in [0.29, 0.717) is 32.1 Å². The van der Waals surface area contributed by atoms with Gasteiger partial charge in [-0.1, -0.05) is 0 Å². The van der Waals surface area contributed by atoms with Crippen LogP contribution in [0.15, 0.2) is 12.1 Å². The molecule has 1 aromatic heterocycles. The zero-order valence-electron chi connectivity index (χ0n) is 13.1. The van der Waals surface area contributed by atoms with Gasteiger partial charge in [-0.25, -0.2) is 4.39 Å². The highest BCUT2D eigenvalue weighted by molar-refractivity contribution is 7.87. The highest BCUT2D eigenvalue weighted by Gasteiger charge is 2.49. The summed E-state index contributed by atoms with van der Waals surface area (Å²) < 4.78 is 87.3. The van der Waals surface area contributed by atoms with Crippen LogP contribution in [0.1, 0.15) is 12.8 Å². The average molecular weight is 388 g/mol. The van der Waals surface area contributed by atoms with E-state index >= 15 is 0 Å². The third-order valence-electron chi connectivity index (χ3n) is 3.71. The number of hydrogen-bond acceptors (Lipinski definition) is 7. The Labute approximate surface area is 141 Å². The summed E-state index contributed by atoms with van der Waals surface area (Å²) in [4.78, 5) is 3.45. The molecular weight excluding hydrogens is 372 g/mol. The fourth-order valence-electron chi connectivity index (χ4n) is 2.20. The standard InChI is InChI=1S/C13H16F4N2O5S/c1-22-12(4-6-23-7-5-12)8-18-11-9(14)2-3-10(19-11)24-25(20,21)13(15,16)17/h2-3H,4-8H2,1H3,(H,18,19). The molecule has 0 radical (unpaired) electrons. The van der Waals surface area contributed by atoms with Gasteiger partial charge >= 0.3 is 15.6 Å². The topological polar surface area (TPSA) is 86.8 Å². The second-order valence-electron chi connectivity index (χ2n) is 5.32. The van der Waals surface area contributed by atoms with Gasteiger partial charge in [-0.15, -0.1) is 0 Å². The van der Waals surface area contributed by atoms with Gasteiger partial charge in [0.15, 0.2) is 11.6 Å². The van der Waals surface area contributed by atoms with Gasteiger partial charge in [-0.3, -0.25) is 0 Å². The van der Waals surface area contributed by atoms with Crippen LogP contribution in [0, 0.1) is 5.82 Å². The molecule has 0 aliphatic carbocycles. The van der Waals surface area contributed by atoms with E-state index in [1.54, 1.807) is 0 Å². The monoisotopic (exact) mass is 388 g/mol. The molecule has 1 N–H and O–H groups in total. The quantitative estimate of drug-likeness (QED) is 0.453. The molecule has 1 aliphatic heterocycles. The molecule has 1 saturated heterocycles. The number of aromatic nitrogens is 1. The van der Waals surface area contributed by atoms with Crippen LogP contribution < -0.4 is 9.50 Å². The molecule has 25 heavy (non-hydrogen) atoms. The van der Waals surface area contributed by atoms with Gasteiger partial charge in [0.1, 0.15) is 0 Å². The van der Waals surface area contributed by atoms with Crippen LogP contribution in [0.2, 0.25) is 0 Å². The molecule has 7 nitrogen and oxygen atoms in total. The Morgan fingerprint density at radius 1 is 1.32 bits per heavy atom. The van der Waals surface area contributed by atoms with Crippen LogP contribution in [-0.4, -0.2) is 51.4 Å². The lowest BCUT2D eigenvalue weighted by Crippen LogP contribution is -2.44. The Bertz CT molecular complexity index is 705. The lowest BCUT2D eigenvalue weighted by Gasteiger charge is -2.36. The first-order valence-electron chi connectivity index (χ1n) is 7.13. The minimum absolute atomic E-state index is 0.103. The first-order valence-corrected chi connectivity index (χ1v) is 8.53. The molecule has 12 heteroatoms. The molecule has 0 aromatic carbocycles. The van der Waals surface area contributed by atoms with Crippen molar-refractivity contribution in [1.82, 2.24) is 4.98 Å². The average Bonchev–Trinajstić information content (AvgIpc) is 2.55. The fraction of sp³-hybridized carbons (Fsp3) is 0.615. The summed E-state index contributed by atoms with van der Waals surface area (Å²) in [5.41, 5.74) is -6.26. The van der Waals surface area contributed by atoms with E-state index in [1.807, 2.05) is 0 Å². The molecule has 2 rings (SSSR count). The lowest BCUT2D eigenvalue weighted by molar-refractivity contribution is -0.0807. The lowest BCUT2D eigenvalue weighted by atomic mass is 9.94. The molecule has 0 amide bonds. The van der Waals surface area contributed by atoms with E-state index < -0.39 is 38.7 Å². The van der Waals surface area contributed by atoms with Crippen molar-refractivity contribution in [3.05, 3.63) is 17.9 Å². The molecule has 1 fully saturated rings. The minimum atomic E-state index is -5.89. The van der Waals surface area contributed by atoms with Crippen molar-refractivity contribution in [2.75, 3.05) is 32.2 Å². The number of ether oxygens (including phenoxy) is 2. The van der Waals surface area contributed by atoms with Gasteiger partial charge in [-0.2, -0.15) is 26.6 Å². The summed E-state index contributed by atoms with van der Waals surface area (Å²) in [7, 11) is -4.41. The minimum Gasteiger partial charge on any atom is -0.381 e. The Morgan fingerprint density at radius 2 is 1.96 bits per heavy atom. The number of alkyl halides is 3. The largest absolute Gasteiger partial charge is 0.534 e. The van der Waals surface area contributed by atoms with Crippen LogP contribution >= 0.6 is 0 Å². The number of nitrogens with zero attached hydrogens (tertiary/aromatic N) is 1. The molecule has 0 unspecified atom stereocenters. The summed E-state index contributed by atoms with van der Waals surface area (Å²) in [5.74, 6) is -2.23. The molecule has 0 spiro atoms. The molecule has 0 bridgehead atoms. The van der Waals surface area contributed by atoms with Gasteiger partial charge in [0.25, 0.3) is 0 Å². The number of rotatable bonds is 6. The van der Waals surface area contributed by atoms with E-state index in [1.165, 1.54) is 7.11 Å². The van der Waals surface area contributed by atoms with Crippen molar-refractivity contribution in [1.29, 1.82) is 0 Å². The summed E-state index contributed by atoms with van der Waals surface area (Å²) in [5, 5.41) is 2.62. The maximum atomic E-state index is 13.8. The predicted octanol–water partition coefficient (Wildman–Crippen LogP) is 2.06. The second kappa shape index (κ2) is 7.30. The summed E-state index contributed by atoms with van der Waals surface area (Å²) in [6.07, 6.45) is 1.05. The SMILES string of the molecule is COC1(CNc2nc(OS(=O)(=O)C(F)(F)F)ccc2F)CCOCC1. The number of anilines is 1. The van der Waals surface area contributed by atoms with E-state index in [0.717, 1.165) is 6.07 Å². The van der Waals surface area contributed by atoms with Gasteiger partial charge in [0.05, 0.1) is 5.60 Å². The first kappa shape index (κ1) is 19.7. The fourth-order valence-corrected chi connectivity index (χ4v) is 2.61. The van der Waals surface area contributed by atoms with Crippen molar-refractivity contribution in [3.63, 3.8) is 0 Å². The Morgan fingerprint density at radius 3 is 2.52 bits per heavy atom. The Kier molecular flexibility index (Phi) is 5.74. The third kappa shape index (κ3) is 4.70. The highest BCUT2D eigenvalue weighted by Crippen LogP contribution is 2.28. The molecule has 1 aliphatic rings. The first-order chi connectivity index (χ1) is 11.6. The van der Waals surface area contributed by atoms with Crippen LogP contribution in [-0.2, 0) is 19.6 Å². The number of methoxy groups -OCH3 is 1. The normalized spacial score (nSPS) is 18.0. The van der Waals surface area contributed by atoms with Crippen molar-refractivity contribution >= 4 is 15.9 Å². The zero-order valence-corrected chi connectivity index (χ0v) is 13.9. The van der Waals surface area contributed by atoms with Gasteiger partial charge in [0, 0.05) is 45.8 Å². The third-order valence-corrected chi connectivity index (χ3v) is 4.67. The van der Waals surface area contributed by atoms with Gasteiger partial charge in [0.2, 0.25) is 5.88 Å². The molecular formula is C13H16F4N2O5S. The number of halogens is 4. The van der Waals surface area contributed by atoms with Crippen LogP contribution in [0.25, 0.3) is 0 Å². The van der Waals surface area contributed by atoms with Crippen molar-refractivity contribution < 1.29 is 39.6 Å². The molecule has 0 saturated carbocycles. The smallest absolute Gasteiger partial charge is 0.381 e. The van der Waals surface area contributed by atoms with E-state index in [-0.39, 0.29) is 6.54 Å². The van der Waals surface area contributed by atoms with Crippen molar-refractivity contribution in [3.8, 4) is 5.88 Å². The molecule has 142 valence electrons. The van der Waals surface area contributed by atoms with Gasteiger partial charge < -0.3 is 19.0 Å². The van der Waals surface area contributed by atoms with E-state index in [9.17, 15) is 26.0 Å². The second-order valence-corrected chi connectivity index (χ2v) is 6.85. The van der Waals surface area contributed by atoms with E-state index in [4.69, 9.17) is 9.47 Å². The highest BCUT2D eigenvalue weighted by atomic mass is 32.2. The van der Waals surface area contributed by atoms with Crippen molar-refractivity contribution in [2.45, 2.75) is 24.0 Å².